The molecule has 0 atom stereocenters. The Balaban J connectivity index is 1.49. The maximum absolute atomic E-state index is 12.8. The molecule has 8 nitrogen and oxygen atoms in total. The van der Waals surface area contributed by atoms with Crippen molar-refractivity contribution in [1.29, 1.82) is 0 Å². The van der Waals surface area contributed by atoms with Crippen LogP contribution in [0.15, 0.2) is 47.4 Å². The molecule has 4 rings (SSSR count). The van der Waals surface area contributed by atoms with E-state index in [4.69, 9.17) is 4.74 Å². The second kappa shape index (κ2) is 8.68. The van der Waals surface area contributed by atoms with Crippen molar-refractivity contribution in [3.8, 4) is 5.75 Å². The minimum Gasteiger partial charge on any atom is -0.482 e. The predicted octanol–water partition coefficient (Wildman–Crippen LogP) is 2.86. The molecule has 164 valence electrons. The van der Waals surface area contributed by atoms with Gasteiger partial charge in [-0.1, -0.05) is 6.42 Å². The van der Waals surface area contributed by atoms with E-state index < -0.39 is 10.0 Å². The van der Waals surface area contributed by atoms with Crippen LogP contribution in [-0.4, -0.2) is 50.8 Å². The zero-order valence-corrected chi connectivity index (χ0v) is 18.2. The summed E-state index contributed by atoms with van der Waals surface area (Å²) in [5.41, 5.74) is 1.47. The number of hydrogen-bond acceptors (Lipinski definition) is 5. The fourth-order valence-corrected chi connectivity index (χ4v) is 5.38. The monoisotopic (exact) mass is 443 g/mol. The summed E-state index contributed by atoms with van der Waals surface area (Å²) >= 11 is 0. The van der Waals surface area contributed by atoms with Crippen LogP contribution in [0.3, 0.4) is 0 Å². The van der Waals surface area contributed by atoms with E-state index in [-0.39, 0.29) is 23.3 Å². The van der Waals surface area contributed by atoms with E-state index in [1.807, 2.05) is 6.92 Å². The lowest BCUT2D eigenvalue weighted by atomic mass is 10.2. The zero-order chi connectivity index (χ0) is 22.0. The molecule has 31 heavy (non-hydrogen) atoms. The largest absolute Gasteiger partial charge is 0.482 e. The Morgan fingerprint density at radius 3 is 2.45 bits per heavy atom. The van der Waals surface area contributed by atoms with Gasteiger partial charge in [0.15, 0.2) is 6.61 Å². The van der Waals surface area contributed by atoms with Gasteiger partial charge in [-0.05, 0) is 62.2 Å². The molecule has 1 fully saturated rings. The van der Waals surface area contributed by atoms with Crippen LogP contribution in [0.2, 0.25) is 0 Å². The smallest absolute Gasteiger partial charge is 0.265 e. The molecular formula is C22H25N3O5S. The van der Waals surface area contributed by atoms with Crippen LogP contribution >= 0.6 is 0 Å². The number of sulfonamides is 1. The van der Waals surface area contributed by atoms with Crippen LogP contribution in [-0.2, 0) is 14.8 Å². The van der Waals surface area contributed by atoms with Crippen molar-refractivity contribution >= 4 is 33.2 Å². The molecule has 2 heterocycles. The molecule has 0 aromatic heterocycles. The molecule has 1 saturated heterocycles. The number of ether oxygens (including phenoxy) is 1. The Kier molecular flexibility index (Phi) is 5.97. The average molecular weight is 444 g/mol. The van der Waals surface area contributed by atoms with E-state index in [9.17, 15) is 18.0 Å². The normalized spacial score (nSPS) is 17.1. The summed E-state index contributed by atoms with van der Waals surface area (Å²) in [6.07, 6.45) is 2.78. The number of carbonyl (C=O) groups excluding carboxylic acids is 2. The van der Waals surface area contributed by atoms with Gasteiger partial charge in [0.1, 0.15) is 5.75 Å². The molecule has 9 heteroatoms. The molecule has 1 N–H and O–H groups in total. The molecule has 0 spiro atoms. The lowest BCUT2D eigenvalue weighted by molar-refractivity contribution is -0.121. The van der Waals surface area contributed by atoms with Crippen molar-refractivity contribution in [3.63, 3.8) is 0 Å². The minimum atomic E-state index is -3.54. The molecule has 2 aromatic carbocycles. The zero-order valence-electron chi connectivity index (χ0n) is 17.3. The van der Waals surface area contributed by atoms with Gasteiger partial charge in [0.25, 0.3) is 11.8 Å². The lowest BCUT2D eigenvalue weighted by Gasteiger charge is -2.28. The molecule has 2 aliphatic rings. The maximum atomic E-state index is 12.8. The minimum absolute atomic E-state index is 0.000763. The summed E-state index contributed by atoms with van der Waals surface area (Å²) < 4.78 is 32.5. The van der Waals surface area contributed by atoms with Gasteiger partial charge in [-0.3, -0.25) is 9.59 Å². The Hall–Kier alpha value is -2.91. The van der Waals surface area contributed by atoms with Gasteiger partial charge in [-0.2, -0.15) is 4.31 Å². The van der Waals surface area contributed by atoms with Crippen LogP contribution < -0.4 is 15.0 Å². The Morgan fingerprint density at radius 2 is 1.77 bits per heavy atom. The van der Waals surface area contributed by atoms with Crippen LogP contribution in [0.4, 0.5) is 11.4 Å². The highest BCUT2D eigenvalue weighted by Gasteiger charge is 2.27. The molecule has 0 aliphatic carbocycles. The van der Waals surface area contributed by atoms with Gasteiger partial charge in [-0.15, -0.1) is 0 Å². The summed E-state index contributed by atoms with van der Waals surface area (Å²) in [6.45, 7) is 3.43. The molecular weight excluding hydrogens is 418 g/mol. The summed E-state index contributed by atoms with van der Waals surface area (Å²) in [5.74, 6) is 0.0867. The summed E-state index contributed by atoms with van der Waals surface area (Å²) in [6, 6.07) is 11.1. The Morgan fingerprint density at radius 1 is 1.06 bits per heavy atom. The van der Waals surface area contributed by atoms with E-state index in [2.05, 4.69) is 5.32 Å². The topological polar surface area (TPSA) is 96.0 Å². The molecule has 0 radical (unpaired) electrons. The molecule has 2 aromatic rings. The van der Waals surface area contributed by atoms with Gasteiger partial charge in [0.2, 0.25) is 10.0 Å². The quantitative estimate of drug-likeness (QED) is 0.767. The third-order valence-corrected chi connectivity index (χ3v) is 7.46. The summed E-state index contributed by atoms with van der Waals surface area (Å²) in [5, 5.41) is 2.80. The third-order valence-electron chi connectivity index (χ3n) is 5.55. The standard InChI is InChI=1S/C22H25N3O5S/c1-2-25-19-14-17(8-11-20(19)30-15-21(25)26)23-22(27)16-6-9-18(10-7-16)31(28,29)24-12-4-3-5-13-24/h6-11,14H,2-5,12-13,15H2,1H3,(H,23,27). The summed E-state index contributed by atoms with van der Waals surface area (Å²) in [4.78, 5) is 26.5. The van der Waals surface area contributed by atoms with E-state index >= 15 is 0 Å². The SMILES string of the molecule is CCN1C(=O)COc2ccc(NC(=O)c3ccc(S(=O)(=O)N4CCCCC4)cc3)cc21. The first-order chi connectivity index (χ1) is 14.9. The molecule has 0 bridgehead atoms. The fraction of sp³-hybridized carbons (Fsp3) is 0.364. The van der Waals surface area contributed by atoms with Crippen LogP contribution in [0, 0.1) is 0 Å². The number of benzene rings is 2. The first-order valence-electron chi connectivity index (χ1n) is 10.4. The van der Waals surface area contributed by atoms with Crippen molar-refractivity contribution in [2.45, 2.75) is 31.1 Å². The van der Waals surface area contributed by atoms with Gasteiger partial charge in [0, 0.05) is 30.9 Å². The van der Waals surface area contributed by atoms with Crippen molar-refractivity contribution in [1.82, 2.24) is 4.31 Å². The molecule has 0 saturated carbocycles. The molecule has 0 unspecified atom stereocenters. The van der Waals surface area contributed by atoms with E-state index in [1.54, 1.807) is 23.1 Å². The molecule has 2 amide bonds. The van der Waals surface area contributed by atoms with Crippen molar-refractivity contribution in [2.24, 2.45) is 0 Å². The summed E-state index contributed by atoms with van der Waals surface area (Å²) in [7, 11) is -3.54. The lowest BCUT2D eigenvalue weighted by Crippen LogP contribution is -2.38. The number of rotatable bonds is 5. The van der Waals surface area contributed by atoms with Gasteiger partial charge in [-0.25, -0.2) is 8.42 Å². The number of fused-ring (bicyclic) bond motifs is 1. The molecule has 2 aliphatic heterocycles. The highest BCUT2D eigenvalue weighted by atomic mass is 32.2. The van der Waals surface area contributed by atoms with Crippen molar-refractivity contribution in [2.75, 3.05) is 36.5 Å². The van der Waals surface area contributed by atoms with Crippen molar-refractivity contribution < 1.29 is 22.7 Å². The highest BCUT2D eigenvalue weighted by molar-refractivity contribution is 7.89. The number of hydrogen-bond donors (Lipinski definition) is 1. The number of likely N-dealkylation sites (N-methyl/N-ethyl adjacent to an activating group) is 1. The van der Waals surface area contributed by atoms with E-state index in [0.717, 1.165) is 19.3 Å². The number of piperidine rings is 1. The highest BCUT2D eigenvalue weighted by Crippen LogP contribution is 2.34. The first-order valence-corrected chi connectivity index (χ1v) is 11.8. The van der Waals surface area contributed by atoms with Crippen LogP contribution in [0.1, 0.15) is 36.5 Å². The van der Waals surface area contributed by atoms with Gasteiger partial charge < -0.3 is 15.0 Å². The number of nitrogens with zero attached hydrogens (tertiary/aromatic N) is 2. The van der Waals surface area contributed by atoms with E-state index in [1.165, 1.54) is 28.6 Å². The number of anilines is 2. The van der Waals surface area contributed by atoms with E-state index in [0.29, 0.717) is 42.3 Å². The van der Waals surface area contributed by atoms with Gasteiger partial charge in [0.05, 0.1) is 10.6 Å². The second-order valence-corrected chi connectivity index (χ2v) is 9.49. The third kappa shape index (κ3) is 4.28. The van der Waals surface area contributed by atoms with Crippen molar-refractivity contribution in [3.05, 3.63) is 48.0 Å². The number of carbonyl (C=O) groups is 2. The Bertz CT molecular complexity index is 1090. The second-order valence-electron chi connectivity index (χ2n) is 7.55. The maximum Gasteiger partial charge on any atom is 0.265 e. The van der Waals surface area contributed by atoms with Crippen LogP contribution in [0.25, 0.3) is 0 Å². The van der Waals surface area contributed by atoms with Crippen LogP contribution in [0.5, 0.6) is 5.75 Å². The average Bonchev–Trinajstić information content (AvgIpc) is 2.79. The predicted molar refractivity (Wildman–Crippen MR) is 117 cm³/mol. The Labute approximate surface area is 181 Å². The first kappa shape index (κ1) is 21.3. The number of amides is 2. The fourth-order valence-electron chi connectivity index (χ4n) is 3.86. The number of nitrogens with one attached hydrogen (secondary N) is 1. The van der Waals surface area contributed by atoms with Gasteiger partial charge >= 0.3 is 0 Å².